The van der Waals surface area contributed by atoms with Gasteiger partial charge in [-0.1, -0.05) is 0 Å². The van der Waals surface area contributed by atoms with Crippen LogP contribution in [-0.4, -0.2) is 29.9 Å². The van der Waals surface area contributed by atoms with Crippen LogP contribution in [0.5, 0.6) is 0 Å². The largest absolute Gasteiger partial charge is 0.419 e. The van der Waals surface area contributed by atoms with Crippen LogP contribution in [0.2, 0.25) is 0 Å². The molecule has 6 nitrogen and oxygen atoms in total. The molecule has 1 aromatic heterocycles. The number of nitrogens with one attached hydrogen (secondary N) is 2. The Morgan fingerprint density at radius 3 is 2.67 bits per heavy atom. The van der Waals surface area contributed by atoms with Gasteiger partial charge in [0.2, 0.25) is 11.8 Å². The fourth-order valence-corrected chi connectivity index (χ4v) is 3.39. The van der Waals surface area contributed by atoms with Gasteiger partial charge in [0.05, 0.1) is 17.2 Å². The van der Waals surface area contributed by atoms with Crippen LogP contribution in [0.25, 0.3) is 0 Å². The number of carbonyl (C=O) groups is 2. The zero-order valence-corrected chi connectivity index (χ0v) is 16.1. The first-order valence-electron chi connectivity index (χ1n) is 9.30. The van der Waals surface area contributed by atoms with Gasteiger partial charge in [-0.15, -0.1) is 0 Å². The zero-order chi connectivity index (χ0) is 21.9. The van der Waals surface area contributed by atoms with Crippen LogP contribution in [0.15, 0.2) is 36.5 Å². The third-order valence-corrected chi connectivity index (χ3v) is 4.73. The van der Waals surface area contributed by atoms with Gasteiger partial charge in [0.15, 0.2) is 0 Å². The van der Waals surface area contributed by atoms with Gasteiger partial charge in [-0.3, -0.25) is 9.59 Å². The Kier molecular flexibility index (Phi) is 6.23. The first-order chi connectivity index (χ1) is 14.1. The first kappa shape index (κ1) is 21.5. The van der Waals surface area contributed by atoms with E-state index in [1.165, 1.54) is 36.2 Å². The summed E-state index contributed by atoms with van der Waals surface area (Å²) in [6.45, 7) is 1.66. The average molecular weight is 424 g/mol. The Morgan fingerprint density at radius 1 is 1.20 bits per heavy atom. The molecule has 1 aromatic carbocycles. The number of aromatic nitrogens is 1. The maximum absolute atomic E-state index is 13.8. The van der Waals surface area contributed by atoms with E-state index in [9.17, 15) is 27.2 Å². The molecule has 1 aliphatic rings. The van der Waals surface area contributed by atoms with Crippen molar-refractivity contribution in [1.82, 2.24) is 4.98 Å². The maximum Gasteiger partial charge on any atom is 0.419 e. The Hall–Kier alpha value is -3.17. The summed E-state index contributed by atoms with van der Waals surface area (Å²) in [5, 5.41) is 4.97. The van der Waals surface area contributed by atoms with Crippen LogP contribution >= 0.6 is 0 Å². The summed E-state index contributed by atoms with van der Waals surface area (Å²) >= 11 is 0. The van der Waals surface area contributed by atoms with Gasteiger partial charge in [-0.05, 0) is 43.2 Å². The van der Waals surface area contributed by atoms with E-state index >= 15 is 0 Å². The van der Waals surface area contributed by atoms with E-state index in [0.29, 0.717) is 19.4 Å². The molecule has 0 saturated carbocycles. The molecular formula is C20H20F4N4O2. The van der Waals surface area contributed by atoms with Gasteiger partial charge in [-0.2, -0.15) is 13.2 Å². The summed E-state index contributed by atoms with van der Waals surface area (Å²) in [6, 6.07) is 5.93. The van der Waals surface area contributed by atoms with Crippen molar-refractivity contribution in [2.24, 2.45) is 5.92 Å². The lowest BCUT2D eigenvalue weighted by molar-refractivity contribution is -0.137. The van der Waals surface area contributed by atoms with Gasteiger partial charge in [0.25, 0.3) is 0 Å². The number of amides is 2. The summed E-state index contributed by atoms with van der Waals surface area (Å²) in [5.74, 6) is -2.28. The van der Waals surface area contributed by atoms with Crippen LogP contribution in [0, 0.1) is 11.7 Å². The molecule has 0 aliphatic carbocycles. The number of pyridine rings is 1. The van der Waals surface area contributed by atoms with Crippen molar-refractivity contribution in [3.8, 4) is 0 Å². The van der Waals surface area contributed by atoms with E-state index in [1.807, 2.05) is 0 Å². The fourth-order valence-electron chi connectivity index (χ4n) is 3.39. The molecule has 160 valence electrons. The molecule has 30 heavy (non-hydrogen) atoms. The second kappa shape index (κ2) is 8.68. The number of nitrogens with zero attached hydrogens (tertiary/aromatic N) is 2. The predicted octanol–water partition coefficient (Wildman–Crippen LogP) is 4.05. The topological polar surface area (TPSA) is 74.3 Å². The van der Waals surface area contributed by atoms with Crippen molar-refractivity contribution in [1.29, 1.82) is 0 Å². The number of piperidine rings is 1. The molecule has 1 atom stereocenters. The van der Waals surface area contributed by atoms with Crippen LogP contribution in [0.1, 0.15) is 25.3 Å². The SMILES string of the molecule is CC(=O)Nc1cc(NC(=O)C2CCCN(c3ncccc3C(F)(F)F)C2)ccc1F. The lowest BCUT2D eigenvalue weighted by atomic mass is 9.96. The lowest BCUT2D eigenvalue weighted by Gasteiger charge is -2.34. The highest BCUT2D eigenvalue weighted by Gasteiger charge is 2.37. The molecule has 3 rings (SSSR count). The highest BCUT2D eigenvalue weighted by molar-refractivity contribution is 5.95. The van der Waals surface area contributed by atoms with E-state index in [2.05, 4.69) is 15.6 Å². The molecule has 0 spiro atoms. The number of halogens is 4. The molecule has 0 bridgehead atoms. The van der Waals surface area contributed by atoms with Gasteiger partial charge in [0, 0.05) is 31.9 Å². The third kappa shape index (κ3) is 5.05. The first-order valence-corrected chi connectivity index (χ1v) is 9.30. The fraction of sp³-hybridized carbons (Fsp3) is 0.350. The Bertz CT molecular complexity index is 949. The van der Waals surface area contributed by atoms with Crippen LogP contribution in [-0.2, 0) is 15.8 Å². The van der Waals surface area contributed by atoms with Crippen LogP contribution in [0.3, 0.4) is 0 Å². The summed E-state index contributed by atoms with van der Waals surface area (Å²) in [5.41, 5.74) is -0.644. The molecule has 2 aromatic rings. The van der Waals surface area contributed by atoms with Crippen LogP contribution in [0.4, 0.5) is 34.8 Å². The number of rotatable bonds is 4. The lowest BCUT2D eigenvalue weighted by Crippen LogP contribution is -2.42. The van der Waals surface area contributed by atoms with E-state index in [-0.39, 0.29) is 23.7 Å². The highest BCUT2D eigenvalue weighted by Crippen LogP contribution is 2.36. The van der Waals surface area contributed by atoms with Crippen molar-refractivity contribution in [3.05, 3.63) is 47.9 Å². The zero-order valence-electron chi connectivity index (χ0n) is 16.1. The maximum atomic E-state index is 13.8. The normalized spacial score (nSPS) is 16.8. The number of hydrogen-bond donors (Lipinski definition) is 2. The van der Waals surface area contributed by atoms with E-state index in [4.69, 9.17) is 0 Å². The monoisotopic (exact) mass is 424 g/mol. The van der Waals surface area contributed by atoms with Crippen molar-refractivity contribution in [2.75, 3.05) is 28.6 Å². The number of alkyl halides is 3. The van der Waals surface area contributed by atoms with E-state index in [1.54, 1.807) is 0 Å². The smallest absolute Gasteiger partial charge is 0.355 e. The Balaban J connectivity index is 1.74. The number of hydrogen-bond acceptors (Lipinski definition) is 4. The van der Waals surface area contributed by atoms with E-state index < -0.39 is 35.3 Å². The molecule has 2 N–H and O–H groups in total. The molecule has 10 heteroatoms. The quantitative estimate of drug-likeness (QED) is 0.727. The summed E-state index contributed by atoms with van der Waals surface area (Å²) in [4.78, 5) is 29.2. The van der Waals surface area contributed by atoms with Gasteiger partial charge in [0.1, 0.15) is 11.6 Å². The molecule has 2 amide bonds. The average Bonchev–Trinajstić information content (AvgIpc) is 2.69. The second-order valence-corrected chi connectivity index (χ2v) is 7.02. The minimum absolute atomic E-state index is 0.0751. The molecule has 1 aliphatic heterocycles. The standard InChI is InChI=1S/C20H20F4N4O2/c1-12(29)26-17-10-14(6-7-16(17)21)27-19(30)13-4-3-9-28(11-13)18-15(20(22,23)24)5-2-8-25-18/h2,5-8,10,13H,3-4,9,11H2,1H3,(H,26,29)(H,27,30). The number of anilines is 3. The van der Waals surface area contributed by atoms with Crippen LogP contribution < -0.4 is 15.5 Å². The molecule has 1 saturated heterocycles. The minimum Gasteiger partial charge on any atom is -0.355 e. The summed E-state index contributed by atoms with van der Waals surface area (Å²) < 4.78 is 53.7. The molecule has 2 heterocycles. The number of carbonyl (C=O) groups excluding carboxylic acids is 2. The number of benzene rings is 1. The third-order valence-electron chi connectivity index (χ3n) is 4.73. The minimum atomic E-state index is -4.55. The second-order valence-electron chi connectivity index (χ2n) is 7.02. The highest BCUT2D eigenvalue weighted by atomic mass is 19.4. The summed E-state index contributed by atoms with van der Waals surface area (Å²) in [7, 11) is 0. The molecule has 1 fully saturated rings. The van der Waals surface area contributed by atoms with Crippen molar-refractivity contribution in [2.45, 2.75) is 25.9 Å². The van der Waals surface area contributed by atoms with Crippen molar-refractivity contribution >= 4 is 29.0 Å². The Morgan fingerprint density at radius 2 is 1.97 bits per heavy atom. The predicted molar refractivity (Wildman–Crippen MR) is 104 cm³/mol. The van der Waals surface area contributed by atoms with Gasteiger partial charge < -0.3 is 15.5 Å². The van der Waals surface area contributed by atoms with Crippen molar-refractivity contribution < 1.29 is 27.2 Å². The van der Waals surface area contributed by atoms with Crippen molar-refractivity contribution in [3.63, 3.8) is 0 Å². The van der Waals surface area contributed by atoms with Gasteiger partial charge >= 0.3 is 6.18 Å². The molecular weight excluding hydrogens is 404 g/mol. The Labute approximate surface area is 170 Å². The van der Waals surface area contributed by atoms with E-state index in [0.717, 1.165) is 12.1 Å². The molecule has 1 unspecified atom stereocenters. The molecule has 0 radical (unpaired) electrons. The summed E-state index contributed by atoms with van der Waals surface area (Å²) in [6.07, 6.45) is -2.24. The van der Waals surface area contributed by atoms with Gasteiger partial charge in [-0.25, -0.2) is 9.37 Å².